The van der Waals surface area contributed by atoms with Gasteiger partial charge >= 0.3 is 0 Å². The number of aromatic amines is 1. The number of hydrogen-bond acceptors (Lipinski definition) is 5. The fourth-order valence-corrected chi connectivity index (χ4v) is 4.07. The summed E-state index contributed by atoms with van der Waals surface area (Å²) in [5, 5.41) is 20.0. The van der Waals surface area contributed by atoms with Crippen molar-refractivity contribution < 1.29 is 13.5 Å². The van der Waals surface area contributed by atoms with E-state index in [1.807, 2.05) is 29.1 Å². The van der Waals surface area contributed by atoms with Crippen molar-refractivity contribution in [1.29, 1.82) is 5.26 Å². The highest BCUT2D eigenvalue weighted by molar-refractivity contribution is 7.89. The second kappa shape index (κ2) is 7.43. The number of rotatable bonds is 6. The minimum absolute atomic E-state index is 0.0331. The first-order chi connectivity index (χ1) is 14.0. The van der Waals surface area contributed by atoms with Crippen LogP contribution in [0.3, 0.4) is 0 Å². The minimum atomic E-state index is -3.70. The SMILES string of the molecule is N#Cc1ccc2[nH]c(O)c(-c3ccc(S(=O)(=O)NCCn4cccc4)cn3)c2c1. The number of benzene rings is 1. The molecule has 3 heterocycles. The van der Waals surface area contributed by atoms with Gasteiger partial charge in [0.25, 0.3) is 0 Å². The van der Waals surface area contributed by atoms with Gasteiger partial charge in [-0.15, -0.1) is 0 Å². The molecular weight excluding hydrogens is 390 g/mol. The highest BCUT2D eigenvalue weighted by atomic mass is 32.2. The molecule has 146 valence electrons. The van der Waals surface area contributed by atoms with Gasteiger partial charge in [-0.25, -0.2) is 13.1 Å². The predicted octanol–water partition coefficient (Wildman–Crippen LogP) is 2.59. The maximum absolute atomic E-state index is 12.5. The van der Waals surface area contributed by atoms with Crippen molar-refractivity contribution in [2.45, 2.75) is 11.4 Å². The van der Waals surface area contributed by atoms with Crippen LogP contribution < -0.4 is 4.72 Å². The fraction of sp³-hybridized carbons (Fsp3) is 0.100. The summed E-state index contributed by atoms with van der Waals surface area (Å²) in [4.78, 5) is 7.09. The van der Waals surface area contributed by atoms with E-state index in [2.05, 4.69) is 20.8 Å². The lowest BCUT2D eigenvalue weighted by molar-refractivity contribution is 0.460. The second-order valence-corrected chi connectivity index (χ2v) is 8.19. The zero-order valence-electron chi connectivity index (χ0n) is 15.2. The molecule has 0 atom stereocenters. The van der Waals surface area contributed by atoms with Crippen LogP contribution in [0.15, 0.2) is 66.0 Å². The van der Waals surface area contributed by atoms with Crippen molar-refractivity contribution in [3.8, 4) is 23.2 Å². The van der Waals surface area contributed by atoms with Gasteiger partial charge in [0, 0.05) is 42.6 Å². The van der Waals surface area contributed by atoms with E-state index in [-0.39, 0.29) is 17.3 Å². The number of nitrogens with one attached hydrogen (secondary N) is 2. The van der Waals surface area contributed by atoms with Gasteiger partial charge in [0.05, 0.1) is 22.9 Å². The van der Waals surface area contributed by atoms with E-state index in [0.29, 0.717) is 34.3 Å². The van der Waals surface area contributed by atoms with Crippen LogP contribution >= 0.6 is 0 Å². The molecule has 0 unspecified atom stereocenters. The molecular formula is C20H17N5O3S. The second-order valence-electron chi connectivity index (χ2n) is 6.42. The van der Waals surface area contributed by atoms with Gasteiger partial charge < -0.3 is 14.7 Å². The van der Waals surface area contributed by atoms with Crippen LogP contribution in [0, 0.1) is 11.3 Å². The van der Waals surface area contributed by atoms with E-state index < -0.39 is 10.0 Å². The van der Waals surface area contributed by atoms with Crippen molar-refractivity contribution in [3.05, 3.63) is 66.6 Å². The van der Waals surface area contributed by atoms with Crippen LogP contribution in [0.25, 0.3) is 22.2 Å². The van der Waals surface area contributed by atoms with Gasteiger partial charge in [-0.2, -0.15) is 5.26 Å². The van der Waals surface area contributed by atoms with Gasteiger partial charge in [0.15, 0.2) is 5.88 Å². The van der Waals surface area contributed by atoms with E-state index in [1.165, 1.54) is 18.3 Å². The number of H-pyrrole nitrogens is 1. The number of aromatic hydroxyl groups is 1. The van der Waals surface area contributed by atoms with Gasteiger partial charge in [0.2, 0.25) is 10.0 Å². The Morgan fingerprint density at radius 1 is 1.21 bits per heavy atom. The first-order valence-corrected chi connectivity index (χ1v) is 10.3. The maximum Gasteiger partial charge on any atom is 0.242 e. The highest BCUT2D eigenvalue weighted by Crippen LogP contribution is 2.36. The molecule has 0 saturated carbocycles. The third kappa shape index (κ3) is 3.71. The van der Waals surface area contributed by atoms with Crippen molar-refractivity contribution in [2.75, 3.05) is 6.54 Å². The molecule has 3 aromatic heterocycles. The monoisotopic (exact) mass is 407 g/mol. The molecule has 0 spiro atoms. The number of fused-ring (bicyclic) bond motifs is 1. The zero-order chi connectivity index (χ0) is 20.4. The molecule has 8 nitrogen and oxygen atoms in total. The summed E-state index contributed by atoms with van der Waals surface area (Å²) in [6.45, 7) is 0.765. The molecule has 29 heavy (non-hydrogen) atoms. The number of nitriles is 1. The van der Waals surface area contributed by atoms with Gasteiger partial charge in [-0.1, -0.05) is 0 Å². The van der Waals surface area contributed by atoms with Crippen LogP contribution in [0.2, 0.25) is 0 Å². The number of sulfonamides is 1. The average Bonchev–Trinajstić information content (AvgIpc) is 3.34. The molecule has 0 aliphatic rings. The Kier molecular flexibility index (Phi) is 4.80. The average molecular weight is 407 g/mol. The van der Waals surface area contributed by atoms with Crippen LogP contribution in [0.1, 0.15) is 5.56 Å². The molecule has 1 aromatic carbocycles. The fourth-order valence-electron chi connectivity index (χ4n) is 3.11. The Labute approximate surface area is 167 Å². The molecule has 0 saturated heterocycles. The first-order valence-electron chi connectivity index (χ1n) is 8.79. The van der Waals surface area contributed by atoms with Crippen molar-refractivity contribution in [1.82, 2.24) is 19.3 Å². The number of pyridine rings is 1. The molecule has 4 aromatic rings. The third-order valence-electron chi connectivity index (χ3n) is 4.54. The Hall–Kier alpha value is -3.61. The third-order valence-corrected chi connectivity index (χ3v) is 5.99. The molecule has 0 fully saturated rings. The van der Waals surface area contributed by atoms with E-state index >= 15 is 0 Å². The maximum atomic E-state index is 12.5. The summed E-state index contributed by atoms with van der Waals surface area (Å²) in [7, 11) is -3.70. The Morgan fingerprint density at radius 3 is 2.69 bits per heavy atom. The zero-order valence-corrected chi connectivity index (χ0v) is 16.0. The van der Waals surface area contributed by atoms with Gasteiger partial charge in [-0.05, 0) is 42.5 Å². The van der Waals surface area contributed by atoms with E-state index in [4.69, 9.17) is 5.26 Å². The molecule has 9 heteroatoms. The predicted molar refractivity (Wildman–Crippen MR) is 108 cm³/mol. The summed E-state index contributed by atoms with van der Waals surface area (Å²) in [6.07, 6.45) is 4.96. The van der Waals surface area contributed by atoms with Crippen LogP contribution in [-0.2, 0) is 16.6 Å². The number of hydrogen-bond donors (Lipinski definition) is 3. The Morgan fingerprint density at radius 2 is 2.00 bits per heavy atom. The summed E-state index contributed by atoms with van der Waals surface area (Å²) < 4.78 is 29.4. The quantitative estimate of drug-likeness (QED) is 0.453. The number of nitrogens with zero attached hydrogens (tertiary/aromatic N) is 3. The largest absolute Gasteiger partial charge is 0.494 e. The summed E-state index contributed by atoms with van der Waals surface area (Å²) in [6, 6.07) is 13.8. The van der Waals surface area contributed by atoms with Crippen LogP contribution in [0.5, 0.6) is 5.88 Å². The summed E-state index contributed by atoms with van der Waals surface area (Å²) in [5.74, 6) is -0.0944. The minimum Gasteiger partial charge on any atom is -0.494 e. The molecule has 4 rings (SSSR count). The standard InChI is InChI=1S/C20H17N5O3S/c21-12-14-3-5-17-16(11-14)19(20(26)24-17)18-6-4-15(13-22-18)29(27,28)23-7-10-25-8-1-2-9-25/h1-6,8-9,11,13,23-24,26H,7,10H2. The molecule has 3 N–H and O–H groups in total. The molecule has 0 aliphatic carbocycles. The van der Waals surface area contributed by atoms with Crippen molar-refractivity contribution in [3.63, 3.8) is 0 Å². The van der Waals surface area contributed by atoms with Crippen molar-refractivity contribution >= 4 is 20.9 Å². The van der Waals surface area contributed by atoms with Crippen molar-refractivity contribution in [2.24, 2.45) is 0 Å². The lowest BCUT2D eigenvalue weighted by Gasteiger charge is -2.08. The molecule has 0 aliphatic heterocycles. The molecule has 0 radical (unpaired) electrons. The smallest absolute Gasteiger partial charge is 0.242 e. The number of aromatic nitrogens is 3. The van der Waals surface area contributed by atoms with Crippen LogP contribution in [-0.4, -0.2) is 34.6 Å². The molecule has 0 amide bonds. The highest BCUT2D eigenvalue weighted by Gasteiger charge is 2.18. The van der Waals surface area contributed by atoms with Gasteiger partial charge in [0.1, 0.15) is 4.90 Å². The van der Waals surface area contributed by atoms with E-state index in [1.54, 1.807) is 18.2 Å². The molecule has 0 bridgehead atoms. The summed E-state index contributed by atoms with van der Waals surface area (Å²) in [5.41, 5.74) is 1.92. The topological polar surface area (TPSA) is 124 Å². The first kappa shape index (κ1) is 18.7. The summed E-state index contributed by atoms with van der Waals surface area (Å²) >= 11 is 0. The lowest BCUT2D eigenvalue weighted by atomic mass is 10.1. The Balaban J connectivity index is 1.58. The van der Waals surface area contributed by atoms with Crippen LogP contribution in [0.4, 0.5) is 0 Å². The van der Waals surface area contributed by atoms with E-state index in [0.717, 1.165) is 0 Å². The van der Waals surface area contributed by atoms with E-state index in [9.17, 15) is 13.5 Å². The normalized spacial score (nSPS) is 11.6. The van der Waals surface area contributed by atoms with Gasteiger partial charge in [-0.3, -0.25) is 4.98 Å². The Bertz CT molecular complexity index is 1300. The lowest BCUT2D eigenvalue weighted by Crippen LogP contribution is -2.27.